The van der Waals surface area contributed by atoms with E-state index >= 15 is 0 Å². The van der Waals surface area contributed by atoms with Crippen LogP contribution in [0.2, 0.25) is 0 Å². The Morgan fingerprint density at radius 1 is 1.40 bits per heavy atom. The number of nitrogens with zero attached hydrogens (tertiary/aromatic N) is 2. The van der Waals surface area contributed by atoms with Crippen LogP contribution in [-0.4, -0.2) is 9.78 Å². The number of anilines is 1. The lowest BCUT2D eigenvalue weighted by atomic mass is 10.1. The van der Waals surface area contributed by atoms with Crippen LogP contribution in [0.4, 0.5) is 10.1 Å². The Kier molecular flexibility index (Phi) is 4.48. The number of benzene rings is 1. The first-order chi connectivity index (χ1) is 9.43. The van der Waals surface area contributed by atoms with Crippen molar-refractivity contribution in [2.75, 3.05) is 5.32 Å². The molecular weight excluding hydrogens is 321 g/mol. The van der Waals surface area contributed by atoms with E-state index in [9.17, 15) is 4.39 Å². The summed E-state index contributed by atoms with van der Waals surface area (Å²) in [6.45, 7) is 9.07. The molecule has 2 rings (SSSR count). The Morgan fingerprint density at radius 3 is 2.65 bits per heavy atom. The fraction of sp³-hybridized carbons (Fsp3) is 0.400. The summed E-state index contributed by atoms with van der Waals surface area (Å²) in [6, 6.07) is 5.14. The van der Waals surface area contributed by atoms with E-state index in [1.54, 1.807) is 6.07 Å². The molecule has 1 N–H and O–H groups in total. The number of rotatable bonds is 4. The molecule has 108 valence electrons. The summed E-state index contributed by atoms with van der Waals surface area (Å²) in [5.74, 6) is -0.264. The normalized spacial score (nSPS) is 12.5. The first-order valence-corrected chi connectivity index (χ1v) is 7.48. The fourth-order valence-corrected chi connectivity index (χ4v) is 2.80. The maximum atomic E-state index is 13.5. The Hall–Kier alpha value is -1.36. The summed E-state index contributed by atoms with van der Waals surface area (Å²) in [6.07, 6.45) is 0. The van der Waals surface area contributed by atoms with Crippen LogP contribution in [0.5, 0.6) is 0 Å². The second-order valence-corrected chi connectivity index (χ2v) is 5.75. The molecule has 1 aromatic heterocycles. The smallest absolute Gasteiger partial charge is 0.139 e. The summed E-state index contributed by atoms with van der Waals surface area (Å²) in [4.78, 5) is 0. The van der Waals surface area contributed by atoms with Gasteiger partial charge in [0, 0.05) is 23.5 Å². The van der Waals surface area contributed by atoms with Crippen LogP contribution in [-0.2, 0) is 6.54 Å². The predicted molar refractivity (Wildman–Crippen MR) is 83.5 cm³/mol. The first kappa shape index (κ1) is 15.0. The lowest BCUT2D eigenvalue weighted by Gasteiger charge is -2.16. The van der Waals surface area contributed by atoms with Crippen LogP contribution in [0.15, 0.2) is 22.7 Å². The summed E-state index contributed by atoms with van der Waals surface area (Å²) in [5.41, 5.74) is 4.11. The van der Waals surface area contributed by atoms with Crippen LogP contribution in [0.25, 0.3) is 0 Å². The van der Waals surface area contributed by atoms with Crippen LogP contribution in [0, 0.1) is 19.7 Å². The molecule has 3 nitrogen and oxygen atoms in total. The van der Waals surface area contributed by atoms with Crippen molar-refractivity contribution in [2.24, 2.45) is 0 Å². The van der Waals surface area contributed by atoms with Crippen LogP contribution >= 0.6 is 15.9 Å². The predicted octanol–water partition coefficient (Wildman–Crippen LogP) is 4.59. The molecule has 1 aromatic carbocycles. The van der Waals surface area contributed by atoms with Crippen LogP contribution in [0.3, 0.4) is 0 Å². The molecule has 0 aliphatic heterocycles. The van der Waals surface area contributed by atoms with Gasteiger partial charge in [0.25, 0.3) is 0 Å². The quantitative estimate of drug-likeness (QED) is 0.882. The van der Waals surface area contributed by atoms with Crippen molar-refractivity contribution in [1.82, 2.24) is 9.78 Å². The molecule has 0 saturated heterocycles. The molecule has 0 bridgehead atoms. The molecule has 1 unspecified atom stereocenters. The summed E-state index contributed by atoms with van der Waals surface area (Å²) in [5, 5.41) is 7.85. The maximum Gasteiger partial charge on any atom is 0.139 e. The fourth-order valence-electron chi connectivity index (χ4n) is 2.55. The minimum Gasteiger partial charge on any atom is -0.378 e. The average molecular weight is 340 g/mol. The Balaban J connectivity index is 2.25. The van der Waals surface area contributed by atoms with Crippen LogP contribution in [0.1, 0.15) is 36.8 Å². The lowest BCUT2D eigenvalue weighted by molar-refractivity contribution is 0.621. The van der Waals surface area contributed by atoms with Crippen molar-refractivity contribution in [3.8, 4) is 0 Å². The first-order valence-electron chi connectivity index (χ1n) is 6.69. The molecule has 0 spiro atoms. The highest BCUT2D eigenvalue weighted by atomic mass is 79.9. The van der Waals surface area contributed by atoms with Crippen molar-refractivity contribution < 1.29 is 4.39 Å². The van der Waals surface area contributed by atoms with Crippen molar-refractivity contribution in [1.29, 1.82) is 0 Å². The standard InChI is InChI=1S/C15H19BrFN3/c1-5-20-11(4)15(10(3)19-20)9(2)18-12-6-7-13(16)14(17)8-12/h6-9,18H,5H2,1-4H3. The van der Waals surface area contributed by atoms with Gasteiger partial charge >= 0.3 is 0 Å². The summed E-state index contributed by atoms with van der Waals surface area (Å²) >= 11 is 3.16. The van der Waals surface area contributed by atoms with Crippen molar-refractivity contribution in [3.63, 3.8) is 0 Å². The van der Waals surface area contributed by atoms with E-state index in [4.69, 9.17) is 0 Å². The van der Waals surface area contributed by atoms with E-state index in [1.807, 2.05) is 17.7 Å². The second-order valence-electron chi connectivity index (χ2n) is 4.90. The van der Waals surface area contributed by atoms with E-state index in [2.05, 4.69) is 47.1 Å². The molecule has 1 heterocycles. The van der Waals surface area contributed by atoms with Gasteiger partial charge < -0.3 is 5.32 Å². The van der Waals surface area contributed by atoms with E-state index in [0.29, 0.717) is 4.47 Å². The molecule has 0 amide bonds. The summed E-state index contributed by atoms with van der Waals surface area (Å²) in [7, 11) is 0. The molecule has 0 aliphatic rings. The minimum absolute atomic E-state index is 0.0795. The molecule has 2 aromatic rings. The molecule has 0 saturated carbocycles. The Morgan fingerprint density at radius 2 is 2.10 bits per heavy atom. The maximum absolute atomic E-state index is 13.5. The zero-order valence-electron chi connectivity index (χ0n) is 12.2. The van der Waals surface area contributed by atoms with Crippen molar-refractivity contribution in [2.45, 2.75) is 40.3 Å². The topological polar surface area (TPSA) is 29.9 Å². The molecule has 0 radical (unpaired) electrons. The summed E-state index contributed by atoms with van der Waals surface area (Å²) < 4.78 is 16.0. The molecule has 0 aliphatic carbocycles. The highest BCUT2D eigenvalue weighted by Gasteiger charge is 2.17. The average Bonchev–Trinajstić information content (AvgIpc) is 2.68. The molecule has 1 atom stereocenters. The largest absolute Gasteiger partial charge is 0.378 e. The monoisotopic (exact) mass is 339 g/mol. The van der Waals surface area contributed by atoms with Gasteiger partial charge in [-0.1, -0.05) is 0 Å². The van der Waals surface area contributed by atoms with Gasteiger partial charge in [-0.15, -0.1) is 0 Å². The highest BCUT2D eigenvalue weighted by Crippen LogP contribution is 2.27. The Bertz CT molecular complexity index is 622. The lowest BCUT2D eigenvalue weighted by Crippen LogP contribution is -2.09. The highest BCUT2D eigenvalue weighted by molar-refractivity contribution is 9.10. The minimum atomic E-state index is -0.264. The van der Waals surface area contributed by atoms with Gasteiger partial charge in [-0.2, -0.15) is 5.10 Å². The van der Waals surface area contributed by atoms with E-state index in [1.165, 1.54) is 11.6 Å². The number of hydrogen-bond acceptors (Lipinski definition) is 2. The molecule has 20 heavy (non-hydrogen) atoms. The number of nitrogens with one attached hydrogen (secondary N) is 1. The van der Waals surface area contributed by atoms with Gasteiger partial charge in [-0.05, 0) is 61.8 Å². The zero-order chi connectivity index (χ0) is 14.9. The van der Waals surface area contributed by atoms with Crippen molar-refractivity contribution in [3.05, 3.63) is 45.4 Å². The molecule has 0 fully saturated rings. The van der Waals surface area contributed by atoms with Gasteiger partial charge in [0.1, 0.15) is 5.82 Å². The number of aromatic nitrogens is 2. The van der Waals surface area contributed by atoms with Gasteiger partial charge in [-0.25, -0.2) is 4.39 Å². The van der Waals surface area contributed by atoms with Gasteiger partial charge in [0.2, 0.25) is 0 Å². The third-order valence-electron chi connectivity index (χ3n) is 3.47. The number of aryl methyl sites for hydroxylation is 2. The second kappa shape index (κ2) is 5.95. The van der Waals surface area contributed by atoms with E-state index < -0.39 is 0 Å². The third kappa shape index (κ3) is 2.87. The van der Waals surface area contributed by atoms with Crippen molar-refractivity contribution >= 4 is 21.6 Å². The van der Waals surface area contributed by atoms with Crippen LogP contribution < -0.4 is 5.32 Å². The zero-order valence-corrected chi connectivity index (χ0v) is 13.8. The number of hydrogen-bond donors (Lipinski definition) is 1. The van der Waals surface area contributed by atoms with Gasteiger partial charge in [-0.3, -0.25) is 4.68 Å². The SMILES string of the molecule is CCn1nc(C)c(C(C)Nc2ccc(Br)c(F)c2)c1C. The molecular formula is C15H19BrFN3. The van der Waals surface area contributed by atoms with E-state index in [-0.39, 0.29) is 11.9 Å². The number of halogens is 2. The molecule has 5 heteroatoms. The third-order valence-corrected chi connectivity index (χ3v) is 4.12. The van der Waals surface area contributed by atoms with E-state index in [0.717, 1.165) is 23.6 Å². The van der Waals surface area contributed by atoms with Gasteiger partial charge in [0.15, 0.2) is 0 Å². The Labute approximate surface area is 127 Å². The van der Waals surface area contributed by atoms with Gasteiger partial charge in [0.05, 0.1) is 16.2 Å².